The van der Waals surface area contributed by atoms with Crippen molar-refractivity contribution in [1.29, 1.82) is 0 Å². The van der Waals surface area contributed by atoms with Crippen LogP contribution >= 0.6 is 27.3 Å². The molecule has 0 aliphatic carbocycles. The monoisotopic (exact) mass is 339 g/mol. The van der Waals surface area contributed by atoms with E-state index in [2.05, 4.69) is 51.1 Å². The number of thiophene rings is 1. The molecule has 0 saturated heterocycles. The number of aryl methyl sites for hydroxylation is 2. The number of hydrogen-bond acceptors (Lipinski definition) is 4. The molecule has 0 atom stereocenters. The molecule has 0 spiro atoms. The zero-order valence-corrected chi connectivity index (χ0v) is 13.9. The third kappa shape index (κ3) is 3.61. The molecule has 0 bridgehead atoms. The molecule has 0 aliphatic heterocycles. The van der Waals surface area contributed by atoms with Gasteiger partial charge in [0, 0.05) is 11.4 Å². The van der Waals surface area contributed by atoms with Crippen LogP contribution in [0.3, 0.4) is 0 Å². The highest BCUT2D eigenvalue weighted by atomic mass is 79.9. The minimum absolute atomic E-state index is 0.836. The number of hydrogen-bond donors (Lipinski definition) is 1. The Balaban J connectivity index is 2.26. The van der Waals surface area contributed by atoms with Crippen molar-refractivity contribution in [2.24, 2.45) is 0 Å². The predicted octanol–water partition coefficient (Wildman–Crippen LogP) is 3.74. The van der Waals surface area contributed by atoms with Gasteiger partial charge in [-0.05, 0) is 73.9 Å². The van der Waals surface area contributed by atoms with E-state index < -0.39 is 0 Å². The second kappa shape index (κ2) is 6.59. The van der Waals surface area contributed by atoms with Gasteiger partial charge in [-0.2, -0.15) is 0 Å². The number of nitrogens with one attached hydrogen (secondary N) is 1. The minimum Gasteiger partial charge on any atom is -0.320 e. The zero-order valence-electron chi connectivity index (χ0n) is 11.5. The van der Waals surface area contributed by atoms with Gasteiger partial charge in [0.1, 0.15) is 0 Å². The van der Waals surface area contributed by atoms with Gasteiger partial charge in [0.15, 0.2) is 5.82 Å². The Kier molecular flexibility index (Phi) is 5.07. The maximum atomic E-state index is 4.65. The van der Waals surface area contributed by atoms with Crippen molar-refractivity contribution in [1.82, 2.24) is 15.3 Å². The third-order valence-electron chi connectivity index (χ3n) is 3.07. The Morgan fingerprint density at radius 1 is 1.21 bits per heavy atom. The van der Waals surface area contributed by atoms with E-state index in [9.17, 15) is 0 Å². The SMILES string of the molecule is CNCCCc1c(C)nc(-c2ccc(Br)s2)nc1C. The fourth-order valence-corrected chi connectivity index (χ4v) is 3.41. The molecule has 0 aromatic carbocycles. The lowest BCUT2D eigenvalue weighted by molar-refractivity contribution is 0.715. The molecule has 5 heteroatoms. The molecule has 0 fully saturated rings. The Hall–Kier alpha value is -0.780. The molecule has 0 radical (unpaired) electrons. The molecule has 0 amide bonds. The summed E-state index contributed by atoms with van der Waals surface area (Å²) in [6.07, 6.45) is 2.15. The molecular weight excluding hydrogens is 322 g/mol. The fraction of sp³-hybridized carbons (Fsp3) is 0.429. The third-order valence-corrected chi connectivity index (χ3v) is 4.69. The first-order chi connectivity index (χ1) is 9.11. The standard InChI is InChI=1S/C14H18BrN3S/c1-9-11(5-4-8-16-3)10(2)18-14(17-9)12-6-7-13(15)19-12/h6-7,16H,4-5,8H2,1-3H3. The Morgan fingerprint density at radius 2 is 1.89 bits per heavy atom. The van der Waals surface area contributed by atoms with Crippen LogP contribution in [0.2, 0.25) is 0 Å². The van der Waals surface area contributed by atoms with Crippen LogP contribution in [0.25, 0.3) is 10.7 Å². The lowest BCUT2D eigenvalue weighted by Crippen LogP contribution is -2.10. The van der Waals surface area contributed by atoms with Crippen molar-refractivity contribution in [2.75, 3.05) is 13.6 Å². The van der Waals surface area contributed by atoms with Crippen LogP contribution in [0.15, 0.2) is 15.9 Å². The maximum absolute atomic E-state index is 4.65. The van der Waals surface area contributed by atoms with Crippen LogP contribution < -0.4 is 5.32 Å². The van der Waals surface area contributed by atoms with Gasteiger partial charge in [0.05, 0.1) is 8.66 Å². The highest BCUT2D eigenvalue weighted by Crippen LogP contribution is 2.30. The molecule has 2 rings (SSSR count). The van der Waals surface area contributed by atoms with Gasteiger partial charge in [0.25, 0.3) is 0 Å². The van der Waals surface area contributed by atoms with Gasteiger partial charge in [0.2, 0.25) is 0 Å². The summed E-state index contributed by atoms with van der Waals surface area (Å²) in [5.41, 5.74) is 3.49. The summed E-state index contributed by atoms with van der Waals surface area (Å²) in [7, 11) is 1.98. The summed E-state index contributed by atoms with van der Waals surface area (Å²) in [4.78, 5) is 10.4. The molecule has 19 heavy (non-hydrogen) atoms. The molecule has 0 saturated carbocycles. The summed E-state index contributed by atoms with van der Waals surface area (Å²) in [6, 6.07) is 4.10. The second-order valence-electron chi connectivity index (χ2n) is 4.51. The van der Waals surface area contributed by atoms with Gasteiger partial charge < -0.3 is 5.32 Å². The highest BCUT2D eigenvalue weighted by Gasteiger charge is 2.11. The van der Waals surface area contributed by atoms with E-state index in [1.54, 1.807) is 11.3 Å². The van der Waals surface area contributed by atoms with Crippen LogP contribution in [-0.2, 0) is 6.42 Å². The van der Waals surface area contributed by atoms with Gasteiger partial charge in [-0.1, -0.05) is 0 Å². The van der Waals surface area contributed by atoms with E-state index in [4.69, 9.17) is 0 Å². The molecule has 1 N–H and O–H groups in total. The molecule has 0 unspecified atom stereocenters. The van der Waals surface area contributed by atoms with E-state index >= 15 is 0 Å². The molecule has 3 nitrogen and oxygen atoms in total. The normalized spacial score (nSPS) is 10.9. The van der Waals surface area contributed by atoms with E-state index in [1.807, 2.05) is 13.1 Å². The minimum atomic E-state index is 0.836. The van der Waals surface area contributed by atoms with Crippen molar-refractivity contribution in [3.63, 3.8) is 0 Å². The molecule has 2 heterocycles. The number of nitrogens with zero attached hydrogens (tertiary/aromatic N) is 2. The lowest BCUT2D eigenvalue weighted by atomic mass is 10.1. The first kappa shape index (κ1) is 14.6. The second-order valence-corrected chi connectivity index (χ2v) is 6.97. The predicted molar refractivity (Wildman–Crippen MR) is 84.8 cm³/mol. The number of halogens is 1. The Bertz CT molecular complexity index is 543. The van der Waals surface area contributed by atoms with E-state index in [-0.39, 0.29) is 0 Å². The summed E-state index contributed by atoms with van der Waals surface area (Å²) in [5, 5.41) is 3.17. The molecule has 2 aromatic heterocycles. The van der Waals surface area contributed by atoms with Crippen LogP contribution in [0.1, 0.15) is 23.4 Å². The topological polar surface area (TPSA) is 37.8 Å². The molecule has 2 aromatic rings. The summed E-state index contributed by atoms with van der Waals surface area (Å²) < 4.78 is 1.11. The number of aromatic nitrogens is 2. The number of rotatable bonds is 5. The highest BCUT2D eigenvalue weighted by molar-refractivity contribution is 9.11. The van der Waals surface area contributed by atoms with Crippen molar-refractivity contribution in [3.05, 3.63) is 32.9 Å². The van der Waals surface area contributed by atoms with Crippen LogP contribution in [0.5, 0.6) is 0 Å². The van der Waals surface area contributed by atoms with E-state index in [1.165, 1.54) is 5.56 Å². The first-order valence-electron chi connectivity index (χ1n) is 6.36. The maximum Gasteiger partial charge on any atom is 0.169 e. The van der Waals surface area contributed by atoms with Gasteiger partial charge in [-0.3, -0.25) is 0 Å². The molecule has 0 aliphatic rings. The van der Waals surface area contributed by atoms with Gasteiger partial charge >= 0.3 is 0 Å². The van der Waals surface area contributed by atoms with Crippen molar-refractivity contribution >= 4 is 27.3 Å². The Labute approximate surface area is 126 Å². The fourth-order valence-electron chi connectivity index (χ4n) is 2.09. The van der Waals surface area contributed by atoms with Crippen LogP contribution in [-0.4, -0.2) is 23.6 Å². The van der Waals surface area contributed by atoms with Crippen molar-refractivity contribution in [2.45, 2.75) is 26.7 Å². The average Bonchev–Trinajstić information content (AvgIpc) is 2.79. The Morgan fingerprint density at radius 3 is 2.42 bits per heavy atom. The summed E-state index contributed by atoms with van der Waals surface area (Å²) in [6.45, 7) is 5.18. The summed E-state index contributed by atoms with van der Waals surface area (Å²) in [5.74, 6) is 0.836. The van der Waals surface area contributed by atoms with Gasteiger partial charge in [-0.25, -0.2) is 9.97 Å². The quantitative estimate of drug-likeness (QED) is 0.843. The van der Waals surface area contributed by atoms with Crippen LogP contribution in [0, 0.1) is 13.8 Å². The van der Waals surface area contributed by atoms with Crippen molar-refractivity contribution < 1.29 is 0 Å². The molecular formula is C14H18BrN3S. The van der Waals surface area contributed by atoms with Crippen LogP contribution in [0.4, 0.5) is 0 Å². The lowest BCUT2D eigenvalue weighted by Gasteiger charge is -2.10. The van der Waals surface area contributed by atoms with Crippen molar-refractivity contribution in [3.8, 4) is 10.7 Å². The van der Waals surface area contributed by atoms with E-state index in [0.29, 0.717) is 0 Å². The zero-order chi connectivity index (χ0) is 13.8. The largest absolute Gasteiger partial charge is 0.320 e. The summed E-state index contributed by atoms with van der Waals surface area (Å²) >= 11 is 5.15. The smallest absolute Gasteiger partial charge is 0.169 e. The molecule has 102 valence electrons. The van der Waals surface area contributed by atoms with Gasteiger partial charge in [-0.15, -0.1) is 11.3 Å². The first-order valence-corrected chi connectivity index (χ1v) is 7.97. The van der Waals surface area contributed by atoms with E-state index in [0.717, 1.165) is 45.3 Å². The average molecular weight is 340 g/mol.